The van der Waals surface area contributed by atoms with Gasteiger partial charge < -0.3 is 14.9 Å². The molecule has 6 heteroatoms. The van der Waals surface area contributed by atoms with Gasteiger partial charge in [0.2, 0.25) is 0 Å². The zero-order valence-electron chi connectivity index (χ0n) is 12.9. The minimum atomic E-state index is -0.346. The molecule has 0 unspecified atom stereocenters. The van der Waals surface area contributed by atoms with Crippen molar-refractivity contribution in [3.05, 3.63) is 66.2 Å². The lowest BCUT2D eigenvalue weighted by Gasteiger charge is -2.05. The minimum Gasteiger partial charge on any atom is -0.508 e. The Morgan fingerprint density at radius 2 is 1.83 bits per heavy atom. The molecule has 0 fully saturated rings. The Balaban J connectivity index is 1.48. The molecule has 1 heterocycles. The standard InChI is InChI=1S/C18H17N3O3/c22-15-8-6-13(7-9-15)10-11-19-18(23)20-17-12-16(24-21-17)14-4-2-1-3-5-14/h1-9,12,22H,10-11H2,(H2,19,20,21,23). The van der Waals surface area contributed by atoms with Gasteiger partial charge in [0.15, 0.2) is 11.6 Å². The molecular formula is C18H17N3O3. The number of aromatic hydroxyl groups is 1. The van der Waals surface area contributed by atoms with Gasteiger partial charge in [-0.1, -0.05) is 47.6 Å². The number of carbonyl (C=O) groups excluding carboxylic acids is 1. The Morgan fingerprint density at radius 1 is 1.08 bits per heavy atom. The van der Waals surface area contributed by atoms with Gasteiger partial charge in [-0.25, -0.2) is 4.79 Å². The van der Waals surface area contributed by atoms with Crippen molar-refractivity contribution >= 4 is 11.8 Å². The number of urea groups is 1. The number of benzene rings is 2. The first-order valence-electron chi connectivity index (χ1n) is 7.55. The van der Waals surface area contributed by atoms with E-state index in [0.717, 1.165) is 11.1 Å². The van der Waals surface area contributed by atoms with Crippen molar-refractivity contribution in [2.45, 2.75) is 6.42 Å². The number of anilines is 1. The van der Waals surface area contributed by atoms with Crippen molar-refractivity contribution in [1.82, 2.24) is 10.5 Å². The number of aromatic nitrogens is 1. The van der Waals surface area contributed by atoms with Crippen LogP contribution in [0, 0.1) is 0 Å². The van der Waals surface area contributed by atoms with Gasteiger partial charge in [0.1, 0.15) is 5.75 Å². The van der Waals surface area contributed by atoms with Crippen LogP contribution in [0.5, 0.6) is 5.75 Å². The van der Waals surface area contributed by atoms with Crippen LogP contribution < -0.4 is 10.6 Å². The molecule has 0 aliphatic carbocycles. The molecule has 24 heavy (non-hydrogen) atoms. The van der Waals surface area contributed by atoms with Crippen LogP contribution in [-0.2, 0) is 6.42 Å². The van der Waals surface area contributed by atoms with E-state index < -0.39 is 0 Å². The summed E-state index contributed by atoms with van der Waals surface area (Å²) < 4.78 is 5.22. The number of rotatable bonds is 5. The fourth-order valence-electron chi connectivity index (χ4n) is 2.22. The van der Waals surface area contributed by atoms with Crippen molar-refractivity contribution in [3.8, 4) is 17.1 Å². The van der Waals surface area contributed by atoms with Crippen LogP contribution in [0.25, 0.3) is 11.3 Å². The zero-order chi connectivity index (χ0) is 16.8. The molecule has 0 atom stereocenters. The first kappa shape index (κ1) is 15.6. The fourth-order valence-corrected chi connectivity index (χ4v) is 2.22. The number of phenolic OH excluding ortho intramolecular Hbond substituents is 1. The highest BCUT2D eigenvalue weighted by Crippen LogP contribution is 2.21. The highest BCUT2D eigenvalue weighted by atomic mass is 16.5. The average Bonchev–Trinajstić information content (AvgIpc) is 3.06. The summed E-state index contributed by atoms with van der Waals surface area (Å²) in [5.41, 5.74) is 1.92. The molecule has 0 radical (unpaired) electrons. The van der Waals surface area contributed by atoms with Crippen LogP contribution in [0.4, 0.5) is 10.6 Å². The summed E-state index contributed by atoms with van der Waals surface area (Å²) in [6, 6.07) is 17.7. The molecule has 3 aromatic rings. The van der Waals surface area contributed by atoms with E-state index in [0.29, 0.717) is 24.5 Å². The maximum Gasteiger partial charge on any atom is 0.320 e. The van der Waals surface area contributed by atoms with Gasteiger partial charge in [0, 0.05) is 18.2 Å². The monoisotopic (exact) mass is 323 g/mol. The molecule has 0 saturated carbocycles. The Labute approximate surface area is 139 Å². The quantitative estimate of drug-likeness (QED) is 0.671. The number of hydrogen-bond acceptors (Lipinski definition) is 4. The smallest absolute Gasteiger partial charge is 0.320 e. The van der Waals surface area contributed by atoms with E-state index in [4.69, 9.17) is 4.52 Å². The van der Waals surface area contributed by atoms with Gasteiger partial charge in [-0.15, -0.1) is 0 Å². The van der Waals surface area contributed by atoms with Gasteiger partial charge >= 0.3 is 6.03 Å². The van der Waals surface area contributed by atoms with Gasteiger partial charge in [0.05, 0.1) is 0 Å². The van der Waals surface area contributed by atoms with E-state index in [2.05, 4.69) is 15.8 Å². The van der Waals surface area contributed by atoms with E-state index in [-0.39, 0.29) is 11.8 Å². The van der Waals surface area contributed by atoms with Crippen molar-refractivity contribution in [2.75, 3.05) is 11.9 Å². The van der Waals surface area contributed by atoms with Crippen molar-refractivity contribution in [3.63, 3.8) is 0 Å². The molecule has 6 nitrogen and oxygen atoms in total. The van der Waals surface area contributed by atoms with E-state index in [9.17, 15) is 9.90 Å². The third-order valence-corrected chi connectivity index (χ3v) is 3.45. The largest absolute Gasteiger partial charge is 0.508 e. The Kier molecular flexibility index (Phi) is 4.76. The minimum absolute atomic E-state index is 0.227. The predicted molar refractivity (Wildman–Crippen MR) is 90.8 cm³/mol. The molecule has 2 amide bonds. The lowest BCUT2D eigenvalue weighted by Crippen LogP contribution is -2.30. The predicted octanol–water partition coefficient (Wildman–Crippen LogP) is 3.41. The highest BCUT2D eigenvalue weighted by Gasteiger charge is 2.09. The molecule has 3 rings (SSSR count). The Hall–Kier alpha value is -3.28. The maximum atomic E-state index is 11.9. The van der Waals surface area contributed by atoms with Crippen LogP contribution in [-0.4, -0.2) is 22.8 Å². The molecule has 2 aromatic carbocycles. The van der Waals surface area contributed by atoms with E-state index >= 15 is 0 Å². The van der Waals surface area contributed by atoms with E-state index in [1.54, 1.807) is 18.2 Å². The topological polar surface area (TPSA) is 87.4 Å². The highest BCUT2D eigenvalue weighted by molar-refractivity contribution is 5.88. The summed E-state index contributed by atoms with van der Waals surface area (Å²) in [7, 11) is 0. The first-order valence-corrected chi connectivity index (χ1v) is 7.55. The second-order valence-electron chi connectivity index (χ2n) is 5.24. The number of nitrogens with one attached hydrogen (secondary N) is 2. The molecule has 0 bridgehead atoms. The summed E-state index contributed by atoms with van der Waals surface area (Å²) in [5.74, 6) is 1.18. The Bertz CT molecular complexity index is 798. The van der Waals surface area contributed by atoms with E-state index in [1.807, 2.05) is 42.5 Å². The average molecular weight is 323 g/mol. The van der Waals surface area contributed by atoms with Gasteiger partial charge in [-0.05, 0) is 24.1 Å². The molecular weight excluding hydrogens is 306 g/mol. The molecule has 1 aromatic heterocycles. The van der Waals surface area contributed by atoms with Crippen molar-refractivity contribution < 1.29 is 14.4 Å². The van der Waals surface area contributed by atoms with E-state index in [1.165, 1.54) is 0 Å². The summed E-state index contributed by atoms with van der Waals surface area (Å²) >= 11 is 0. The number of amides is 2. The number of phenols is 1. The van der Waals surface area contributed by atoms with Crippen LogP contribution in [0.3, 0.4) is 0 Å². The third-order valence-electron chi connectivity index (χ3n) is 3.45. The van der Waals surface area contributed by atoms with Gasteiger partial charge in [-0.3, -0.25) is 5.32 Å². The third kappa shape index (κ3) is 4.13. The fraction of sp³-hybridized carbons (Fsp3) is 0.111. The summed E-state index contributed by atoms with van der Waals surface area (Å²) in [4.78, 5) is 11.9. The molecule has 122 valence electrons. The molecule has 0 aliphatic heterocycles. The summed E-state index contributed by atoms with van der Waals surface area (Å²) in [5, 5.41) is 18.4. The van der Waals surface area contributed by atoms with Crippen LogP contribution >= 0.6 is 0 Å². The lowest BCUT2D eigenvalue weighted by atomic mass is 10.1. The SMILES string of the molecule is O=C(NCCc1ccc(O)cc1)Nc1cc(-c2ccccc2)on1. The summed E-state index contributed by atoms with van der Waals surface area (Å²) in [6.07, 6.45) is 0.668. The Morgan fingerprint density at radius 3 is 2.58 bits per heavy atom. The maximum absolute atomic E-state index is 11.9. The normalized spacial score (nSPS) is 10.3. The molecule has 0 aliphatic rings. The second kappa shape index (κ2) is 7.32. The summed E-state index contributed by atoms with van der Waals surface area (Å²) in [6.45, 7) is 0.472. The van der Waals surface area contributed by atoms with Crippen LogP contribution in [0.2, 0.25) is 0 Å². The molecule has 3 N–H and O–H groups in total. The number of hydrogen-bond donors (Lipinski definition) is 3. The van der Waals surface area contributed by atoms with Crippen LogP contribution in [0.1, 0.15) is 5.56 Å². The van der Waals surface area contributed by atoms with Gasteiger partial charge in [-0.2, -0.15) is 0 Å². The lowest BCUT2D eigenvalue weighted by molar-refractivity contribution is 0.252. The number of nitrogens with zero attached hydrogens (tertiary/aromatic N) is 1. The van der Waals surface area contributed by atoms with Gasteiger partial charge in [0.25, 0.3) is 0 Å². The van der Waals surface area contributed by atoms with Crippen LogP contribution in [0.15, 0.2) is 65.2 Å². The number of carbonyl (C=O) groups is 1. The molecule has 0 saturated heterocycles. The van der Waals surface area contributed by atoms with Crippen molar-refractivity contribution in [1.29, 1.82) is 0 Å². The van der Waals surface area contributed by atoms with Crippen molar-refractivity contribution in [2.24, 2.45) is 0 Å². The first-order chi connectivity index (χ1) is 11.7. The second-order valence-corrected chi connectivity index (χ2v) is 5.24. The molecule has 0 spiro atoms. The zero-order valence-corrected chi connectivity index (χ0v) is 12.9.